The lowest BCUT2D eigenvalue weighted by atomic mass is 10.2. The van der Waals surface area contributed by atoms with Crippen molar-refractivity contribution >= 4 is 43.4 Å². The highest BCUT2D eigenvalue weighted by atomic mass is 79.9. The van der Waals surface area contributed by atoms with Crippen molar-refractivity contribution in [3.63, 3.8) is 0 Å². The maximum Gasteiger partial charge on any atom is 0.267 e. The number of aromatic nitrogens is 2. The van der Waals surface area contributed by atoms with Crippen LogP contribution in [0.2, 0.25) is 0 Å². The first kappa shape index (κ1) is 19.7. The Bertz CT molecular complexity index is 1170. The highest BCUT2D eigenvalue weighted by molar-refractivity contribution is 9.11. The summed E-state index contributed by atoms with van der Waals surface area (Å²) in [7, 11) is 0. The number of nitrogens with one attached hydrogen (secondary N) is 1. The molecule has 29 heavy (non-hydrogen) atoms. The van der Waals surface area contributed by atoms with E-state index in [0.29, 0.717) is 24.2 Å². The summed E-state index contributed by atoms with van der Waals surface area (Å²) in [5.74, 6) is -1.51. The van der Waals surface area contributed by atoms with Crippen molar-refractivity contribution in [3.8, 4) is 0 Å². The molecule has 4 nitrogen and oxygen atoms in total. The molecule has 0 radical (unpaired) electrons. The number of benzene rings is 1. The van der Waals surface area contributed by atoms with Gasteiger partial charge in [-0.25, -0.2) is 8.78 Å². The molecule has 0 aliphatic rings. The van der Waals surface area contributed by atoms with Crippen LogP contribution in [0.25, 0.3) is 10.2 Å². The molecule has 0 unspecified atom stereocenters. The topological polar surface area (TPSA) is 46.9 Å². The molecule has 8 heteroatoms. The monoisotopic (exact) mass is 475 g/mol. The molecule has 3 heterocycles. The molecule has 1 amide bonds. The molecule has 0 saturated heterocycles. The number of fused-ring (bicyclic) bond motifs is 1. The number of hydrogen-bond acceptors (Lipinski definition) is 3. The molecule has 148 valence electrons. The van der Waals surface area contributed by atoms with Gasteiger partial charge in [-0.15, -0.1) is 11.3 Å². The molecule has 0 bridgehead atoms. The minimum atomic E-state index is -0.636. The van der Waals surface area contributed by atoms with E-state index in [1.165, 1.54) is 23.5 Å². The van der Waals surface area contributed by atoms with Crippen LogP contribution >= 0.6 is 27.3 Å². The standard InChI is InChI=1S/C21H16BrF2N3OS/c22-20-11-17-19(29-20)10-18(21(28)26-8-6-15-3-1-2-7-25-15)27(17)12-13-4-5-14(23)9-16(13)24/h1-5,7,9-11H,6,8,12H2,(H,26,28). The summed E-state index contributed by atoms with van der Waals surface area (Å²) < 4.78 is 31.0. The largest absolute Gasteiger partial charge is 0.350 e. The predicted molar refractivity (Wildman–Crippen MR) is 113 cm³/mol. The zero-order chi connectivity index (χ0) is 20.4. The molecular formula is C21H16BrF2N3OS. The van der Waals surface area contributed by atoms with Crippen molar-refractivity contribution in [2.45, 2.75) is 13.0 Å². The normalized spacial score (nSPS) is 11.1. The molecule has 1 aromatic carbocycles. The van der Waals surface area contributed by atoms with E-state index in [1.54, 1.807) is 16.8 Å². The Morgan fingerprint density at radius 3 is 2.79 bits per heavy atom. The Kier molecular flexibility index (Phi) is 5.73. The summed E-state index contributed by atoms with van der Waals surface area (Å²) >= 11 is 4.95. The number of carbonyl (C=O) groups is 1. The Morgan fingerprint density at radius 2 is 2.03 bits per heavy atom. The Hall–Kier alpha value is -2.58. The Balaban J connectivity index is 1.59. The van der Waals surface area contributed by atoms with Crippen LogP contribution in [0.1, 0.15) is 21.7 Å². The molecule has 4 aromatic rings. The van der Waals surface area contributed by atoms with Gasteiger partial charge >= 0.3 is 0 Å². The molecule has 0 fully saturated rings. The molecule has 0 atom stereocenters. The van der Waals surface area contributed by atoms with Crippen LogP contribution in [-0.2, 0) is 13.0 Å². The number of pyridine rings is 1. The maximum atomic E-state index is 14.2. The first-order valence-corrected chi connectivity index (χ1v) is 10.5. The van der Waals surface area contributed by atoms with Gasteiger partial charge in [-0.05, 0) is 46.3 Å². The van der Waals surface area contributed by atoms with Crippen molar-refractivity contribution < 1.29 is 13.6 Å². The fourth-order valence-electron chi connectivity index (χ4n) is 3.13. The van der Waals surface area contributed by atoms with E-state index in [-0.39, 0.29) is 12.5 Å². The molecule has 3 aromatic heterocycles. The van der Waals surface area contributed by atoms with Gasteiger partial charge in [0.2, 0.25) is 0 Å². The highest BCUT2D eigenvalue weighted by Crippen LogP contribution is 2.33. The molecule has 0 aliphatic carbocycles. The second kappa shape index (κ2) is 8.42. The lowest BCUT2D eigenvalue weighted by Crippen LogP contribution is -2.28. The van der Waals surface area contributed by atoms with Gasteiger partial charge in [0.05, 0.1) is 20.5 Å². The predicted octanol–water partition coefficient (Wildman–Crippen LogP) is 5.16. The van der Waals surface area contributed by atoms with Gasteiger partial charge in [0.15, 0.2) is 0 Å². The maximum absolute atomic E-state index is 14.2. The second-order valence-corrected chi connectivity index (χ2v) is 8.94. The lowest BCUT2D eigenvalue weighted by molar-refractivity contribution is 0.0945. The Morgan fingerprint density at radius 1 is 1.17 bits per heavy atom. The van der Waals surface area contributed by atoms with Crippen LogP contribution in [-0.4, -0.2) is 22.0 Å². The molecule has 0 saturated carbocycles. The quantitative estimate of drug-likeness (QED) is 0.418. The third kappa shape index (κ3) is 4.38. The van der Waals surface area contributed by atoms with E-state index in [0.717, 1.165) is 25.8 Å². The van der Waals surface area contributed by atoms with Crippen LogP contribution in [0.15, 0.2) is 58.5 Å². The van der Waals surface area contributed by atoms with Gasteiger partial charge in [0.1, 0.15) is 17.3 Å². The van der Waals surface area contributed by atoms with E-state index in [2.05, 4.69) is 26.2 Å². The van der Waals surface area contributed by atoms with Gasteiger partial charge in [0.25, 0.3) is 5.91 Å². The lowest BCUT2D eigenvalue weighted by Gasteiger charge is -2.12. The number of amides is 1. The smallest absolute Gasteiger partial charge is 0.267 e. The van der Waals surface area contributed by atoms with Crippen LogP contribution in [0.3, 0.4) is 0 Å². The molecule has 1 N–H and O–H groups in total. The number of nitrogens with zero attached hydrogens (tertiary/aromatic N) is 2. The first-order chi connectivity index (χ1) is 14.0. The fraction of sp³-hybridized carbons (Fsp3) is 0.143. The number of halogens is 3. The number of carbonyl (C=O) groups excluding carboxylic acids is 1. The summed E-state index contributed by atoms with van der Waals surface area (Å²) in [6, 6.07) is 12.8. The SMILES string of the molecule is O=C(NCCc1ccccn1)c1cc2sc(Br)cc2n1Cc1ccc(F)cc1F. The summed E-state index contributed by atoms with van der Waals surface area (Å²) in [5, 5.41) is 2.90. The van der Waals surface area contributed by atoms with Gasteiger partial charge in [-0.3, -0.25) is 9.78 Å². The van der Waals surface area contributed by atoms with Crippen molar-refractivity contribution in [3.05, 3.63) is 87.1 Å². The third-order valence-electron chi connectivity index (χ3n) is 4.53. The van der Waals surface area contributed by atoms with Crippen molar-refractivity contribution in [2.75, 3.05) is 6.54 Å². The number of thiophene rings is 1. The summed E-state index contributed by atoms with van der Waals surface area (Å²) in [6.45, 7) is 0.561. The molecule has 0 aliphatic heterocycles. The average Bonchev–Trinajstić information content (AvgIpc) is 3.21. The average molecular weight is 476 g/mol. The Labute approximate surface area is 178 Å². The van der Waals surface area contributed by atoms with Crippen molar-refractivity contribution in [1.29, 1.82) is 0 Å². The van der Waals surface area contributed by atoms with Crippen molar-refractivity contribution in [2.24, 2.45) is 0 Å². The van der Waals surface area contributed by atoms with E-state index in [9.17, 15) is 13.6 Å². The minimum absolute atomic E-state index is 0.127. The number of hydrogen-bond donors (Lipinski definition) is 1. The van der Waals surface area contributed by atoms with Crippen LogP contribution in [0.5, 0.6) is 0 Å². The van der Waals surface area contributed by atoms with Crippen LogP contribution in [0, 0.1) is 11.6 Å². The molecule has 4 rings (SSSR count). The van der Waals surface area contributed by atoms with E-state index in [1.807, 2.05) is 24.3 Å². The first-order valence-electron chi connectivity index (χ1n) is 8.92. The van der Waals surface area contributed by atoms with Gasteiger partial charge in [0, 0.05) is 36.5 Å². The second-order valence-electron chi connectivity index (χ2n) is 6.48. The van der Waals surface area contributed by atoms with Crippen LogP contribution in [0.4, 0.5) is 8.78 Å². The van der Waals surface area contributed by atoms with Gasteiger partial charge < -0.3 is 9.88 Å². The molecular weight excluding hydrogens is 460 g/mol. The van der Waals surface area contributed by atoms with Crippen molar-refractivity contribution in [1.82, 2.24) is 14.9 Å². The van der Waals surface area contributed by atoms with E-state index < -0.39 is 11.6 Å². The van der Waals surface area contributed by atoms with E-state index >= 15 is 0 Å². The summed E-state index contributed by atoms with van der Waals surface area (Å²) in [4.78, 5) is 17.1. The fourth-order valence-corrected chi connectivity index (χ4v) is 4.70. The van der Waals surface area contributed by atoms with E-state index in [4.69, 9.17) is 0 Å². The molecule has 0 spiro atoms. The van der Waals surface area contributed by atoms with Gasteiger partial charge in [-0.2, -0.15) is 0 Å². The minimum Gasteiger partial charge on any atom is -0.350 e. The number of rotatable bonds is 6. The summed E-state index contributed by atoms with van der Waals surface area (Å²) in [6.07, 6.45) is 2.32. The zero-order valence-corrected chi connectivity index (χ0v) is 17.6. The highest BCUT2D eigenvalue weighted by Gasteiger charge is 2.19. The van der Waals surface area contributed by atoms with Gasteiger partial charge in [-0.1, -0.05) is 12.1 Å². The third-order valence-corrected chi connectivity index (χ3v) is 6.10. The van der Waals surface area contributed by atoms with Crippen LogP contribution < -0.4 is 5.32 Å². The summed E-state index contributed by atoms with van der Waals surface area (Å²) in [5.41, 5.74) is 2.46. The zero-order valence-electron chi connectivity index (χ0n) is 15.2.